The van der Waals surface area contributed by atoms with Gasteiger partial charge < -0.3 is 4.74 Å². The maximum absolute atomic E-state index is 9.45. The molecule has 120 valence electrons. The van der Waals surface area contributed by atoms with Crippen LogP contribution in [0.1, 0.15) is 49.6 Å². The van der Waals surface area contributed by atoms with Crippen LogP contribution >= 0.6 is 0 Å². The Morgan fingerprint density at radius 3 is 2.78 bits per heavy atom. The number of aromatic nitrogens is 4. The van der Waals surface area contributed by atoms with Gasteiger partial charge in [0.1, 0.15) is 0 Å². The molecule has 1 aromatic carbocycles. The highest BCUT2D eigenvalue weighted by Gasteiger charge is 2.25. The summed E-state index contributed by atoms with van der Waals surface area (Å²) in [4.78, 5) is 0. The minimum Gasteiger partial charge on any atom is -0.381 e. The lowest BCUT2D eigenvalue weighted by atomic mass is 9.83. The van der Waals surface area contributed by atoms with E-state index in [0.717, 1.165) is 43.0 Å². The van der Waals surface area contributed by atoms with Crippen LogP contribution in [0, 0.1) is 11.3 Å². The van der Waals surface area contributed by atoms with Crippen LogP contribution in [-0.2, 0) is 16.7 Å². The van der Waals surface area contributed by atoms with Crippen molar-refractivity contribution in [1.29, 1.82) is 5.26 Å². The van der Waals surface area contributed by atoms with Gasteiger partial charge in [0.15, 0.2) is 5.82 Å². The summed E-state index contributed by atoms with van der Waals surface area (Å²) < 4.78 is 7.28. The van der Waals surface area contributed by atoms with E-state index in [-0.39, 0.29) is 0 Å². The summed E-state index contributed by atoms with van der Waals surface area (Å²) >= 11 is 0. The smallest absolute Gasteiger partial charge is 0.154 e. The van der Waals surface area contributed by atoms with Crippen molar-refractivity contribution in [1.82, 2.24) is 20.2 Å². The second-order valence-corrected chi connectivity index (χ2v) is 6.48. The molecule has 6 nitrogen and oxygen atoms in total. The van der Waals surface area contributed by atoms with E-state index in [1.807, 2.05) is 42.8 Å². The Balaban J connectivity index is 1.89. The van der Waals surface area contributed by atoms with Gasteiger partial charge in [0, 0.05) is 19.1 Å². The standard InChI is InChI=1S/C17H21N5O/c1-17(2,12-18)15-6-4-3-5-14(15)11-22-16(19-20-21-22)13-7-9-23-10-8-13/h3-6,13H,7-11H2,1-2H3. The van der Waals surface area contributed by atoms with Crippen molar-refractivity contribution < 1.29 is 4.74 Å². The molecule has 0 bridgehead atoms. The van der Waals surface area contributed by atoms with Crippen LogP contribution in [0.3, 0.4) is 0 Å². The second-order valence-electron chi connectivity index (χ2n) is 6.48. The molecule has 0 atom stereocenters. The van der Waals surface area contributed by atoms with E-state index >= 15 is 0 Å². The number of nitrogens with zero attached hydrogens (tertiary/aromatic N) is 5. The zero-order chi connectivity index (χ0) is 16.3. The Hall–Kier alpha value is -2.26. The van der Waals surface area contributed by atoms with E-state index in [1.54, 1.807) is 0 Å². The molecule has 1 aliphatic heterocycles. The topological polar surface area (TPSA) is 76.6 Å². The second kappa shape index (κ2) is 6.47. The van der Waals surface area contributed by atoms with Crippen molar-refractivity contribution in [3.05, 3.63) is 41.2 Å². The number of nitriles is 1. The zero-order valence-electron chi connectivity index (χ0n) is 13.6. The average molecular weight is 311 g/mol. The van der Waals surface area contributed by atoms with Crippen LogP contribution in [-0.4, -0.2) is 33.4 Å². The molecule has 0 unspecified atom stereocenters. The maximum Gasteiger partial charge on any atom is 0.154 e. The number of rotatable bonds is 4. The van der Waals surface area contributed by atoms with Gasteiger partial charge >= 0.3 is 0 Å². The third-order valence-corrected chi connectivity index (χ3v) is 4.44. The van der Waals surface area contributed by atoms with Gasteiger partial charge in [-0.1, -0.05) is 24.3 Å². The fourth-order valence-electron chi connectivity index (χ4n) is 3.06. The number of hydrogen-bond acceptors (Lipinski definition) is 5. The first-order valence-electron chi connectivity index (χ1n) is 7.95. The van der Waals surface area contributed by atoms with Crippen LogP contribution in [0.5, 0.6) is 0 Å². The van der Waals surface area contributed by atoms with Crippen LogP contribution in [0.4, 0.5) is 0 Å². The van der Waals surface area contributed by atoms with E-state index in [0.29, 0.717) is 12.5 Å². The molecule has 1 aliphatic rings. The third kappa shape index (κ3) is 3.25. The van der Waals surface area contributed by atoms with Crippen molar-refractivity contribution in [3.63, 3.8) is 0 Å². The lowest BCUT2D eigenvalue weighted by Crippen LogP contribution is -2.21. The van der Waals surface area contributed by atoms with Gasteiger partial charge in [-0.3, -0.25) is 0 Å². The lowest BCUT2D eigenvalue weighted by Gasteiger charge is -2.23. The molecule has 1 aromatic heterocycles. The van der Waals surface area contributed by atoms with Gasteiger partial charge in [-0.05, 0) is 48.2 Å². The van der Waals surface area contributed by atoms with Crippen molar-refractivity contribution in [3.8, 4) is 6.07 Å². The SMILES string of the molecule is CC(C)(C#N)c1ccccc1Cn1nnnc1C1CCOCC1. The van der Waals surface area contributed by atoms with Crippen molar-refractivity contribution in [2.75, 3.05) is 13.2 Å². The average Bonchev–Trinajstić information content (AvgIpc) is 3.04. The largest absolute Gasteiger partial charge is 0.381 e. The molecule has 3 rings (SSSR count). The number of tetrazole rings is 1. The van der Waals surface area contributed by atoms with E-state index in [1.165, 1.54) is 0 Å². The van der Waals surface area contributed by atoms with Crippen LogP contribution < -0.4 is 0 Å². The molecule has 23 heavy (non-hydrogen) atoms. The molecule has 0 aliphatic carbocycles. The number of benzene rings is 1. The summed E-state index contributed by atoms with van der Waals surface area (Å²) in [5, 5.41) is 21.7. The highest BCUT2D eigenvalue weighted by atomic mass is 16.5. The summed E-state index contributed by atoms with van der Waals surface area (Å²) in [7, 11) is 0. The number of hydrogen-bond donors (Lipinski definition) is 0. The van der Waals surface area contributed by atoms with E-state index in [4.69, 9.17) is 4.74 Å². The summed E-state index contributed by atoms with van der Waals surface area (Å²) in [6.07, 6.45) is 1.90. The molecule has 0 saturated carbocycles. The fraction of sp³-hybridized carbons (Fsp3) is 0.529. The zero-order valence-corrected chi connectivity index (χ0v) is 13.6. The van der Waals surface area contributed by atoms with E-state index in [9.17, 15) is 5.26 Å². The maximum atomic E-state index is 9.45. The molecular weight excluding hydrogens is 290 g/mol. The minimum atomic E-state index is -0.538. The molecular formula is C17H21N5O. The van der Waals surface area contributed by atoms with E-state index in [2.05, 4.69) is 21.6 Å². The minimum absolute atomic E-state index is 0.342. The van der Waals surface area contributed by atoms with Crippen molar-refractivity contribution >= 4 is 0 Å². The highest BCUT2D eigenvalue weighted by Crippen LogP contribution is 2.28. The Morgan fingerprint density at radius 1 is 1.30 bits per heavy atom. The molecule has 0 amide bonds. The molecule has 6 heteroatoms. The molecule has 1 saturated heterocycles. The molecule has 0 spiro atoms. The highest BCUT2D eigenvalue weighted by molar-refractivity contribution is 5.37. The third-order valence-electron chi connectivity index (χ3n) is 4.44. The molecule has 2 heterocycles. The number of ether oxygens (including phenoxy) is 1. The van der Waals surface area contributed by atoms with Gasteiger partial charge in [-0.2, -0.15) is 5.26 Å². The van der Waals surface area contributed by atoms with Crippen molar-refractivity contribution in [2.45, 2.75) is 44.6 Å². The first-order valence-corrected chi connectivity index (χ1v) is 7.95. The van der Waals surface area contributed by atoms with Gasteiger partial charge in [0.2, 0.25) is 0 Å². The summed E-state index contributed by atoms with van der Waals surface area (Å²) in [6.45, 7) is 5.97. The Labute approximate surface area is 136 Å². The quantitative estimate of drug-likeness (QED) is 0.866. The van der Waals surface area contributed by atoms with Crippen LogP contribution in [0.15, 0.2) is 24.3 Å². The molecule has 1 fully saturated rings. The molecule has 0 radical (unpaired) electrons. The lowest BCUT2D eigenvalue weighted by molar-refractivity contribution is 0.0826. The predicted octanol–water partition coefficient (Wildman–Crippen LogP) is 2.42. The predicted molar refractivity (Wildman–Crippen MR) is 84.8 cm³/mol. The fourth-order valence-corrected chi connectivity index (χ4v) is 3.06. The summed E-state index contributed by atoms with van der Waals surface area (Å²) in [6, 6.07) is 10.4. The van der Waals surface area contributed by atoms with Crippen LogP contribution in [0.25, 0.3) is 0 Å². The first-order chi connectivity index (χ1) is 11.1. The summed E-state index contributed by atoms with van der Waals surface area (Å²) in [5.74, 6) is 1.26. The Bertz CT molecular complexity index is 710. The monoisotopic (exact) mass is 311 g/mol. The summed E-state index contributed by atoms with van der Waals surface area (Å²) in [5.41, 5.74) is 1.57. The van der Waals surface area contributed by atoms with Gasteiger partial charge in [-0.25, -0.2) is 4.68 Å². The van der Waals surface area contributed by atoms with Crippen molar-refractivity contribution in [2.24, 2.45) is 0 Å². The molecule has 0 N–H and O–H groups in total. The first kappa shape index (κ1) is 15.6. The van der Waals surface area contributed by atoms with Gasteiger partial charge in [0.05, 0.1) is 18.0 Å². The normalized spacial score (nSPS) is 16.2. The molecule has 2 aromatic rings. The van der Waals surface area contributed by atoms with Crippen LogP contribution in [0.2, 0.25) is 0 Å². The Morgan fingerprint density at radius 2 is 2.04 bits per heavy atom. The van der Waals surface area contributed by atoms with Gasteiger partial charge in [-0.15, -0.1) is 5.10 Å². The van der Waals surface area contributed by atoms with E-state index < -0.39 is 5.41 Å². The van der Waals surface area contributed by atoms with Gasteiger partial charge in [0.25, 0.3) is 0 Å². The Kier molecular flexibility index (Phi) is 4.39.